The molecule has 0 unspecified atom stereocenters. The van der Waals surface area contributed by atoms with Gasteiger partial charge in [-0.2, -0.15) is 0 Å². The number of nitrogens with two attached hydrogens (primary N) is 1. The molecule has 0 saturated carbocycles. The number of anilines is 1. The number of amides is 2. The molecule has 2 amide bonds. The third-order valence-electron chi connectivity index (χ3n) is 5.10. The van der Waals surface area contributed by atoms with Crippen LogP contribution in [0, 0.1) is 0 Å². The van der Waals surface area contributed by atoms with E-state index >= 15 is 0 Å². The molecule has 0 aromatic heterocycles. The van der Waals surface area contributed by atoms with E-state index in [1.807, 2.05) is 42.5 Å². The van der Waals surface area contributed by atoms with Gasteiger partial charge in [0, 0.05) is 27.8 Å². The van der Waals surface area contributed by atoms with E-state index in [1.165, 1.54) is 0 Å². The van der Waals surface area contributed by atoms with E-state index in [-0.39, 0.29) is 12.5 Å². The minimum Gasteiger partial charge on any atom is -0.496 e. The summed E-state index contributed by atoms with van der Waals surface area (Å²) >= 11 is 0. The van der Waals surface area contributed by atoms with Crippen LogP contribution in [-0.2, 0) is 6.61 Å². The molecular formula is C26H22N2O4. The van der Waals surface area contributed by atoms with Crippen molar-refractivity contribution in [3.05, 3.63) is 102 Å². The summed E-state index contributed by atoms with van der Waals surface area (Å²) in [5.41, 5.74) is 7.39. The fraction of sp³-hybridized carbons (Fsp3) is 0.0769. The van der Waals surface area contributed by atoms with Crippen molar-refractivity contribution in [2.24, 2.45) is 5.73 Å². The smallest absolute Gasteiger partial charge is 0.255 e. The lowest BCUT2D eigenvalue weighted by Gasteiger charge is -2.14. The van der Waals surface area contributed by atoms with E-state index in [0.717, 1.165) is 22.1 Å². The highest BCUT2D eigenvalue weighted by molar-refractivity contribution is 6.04. The van der Waals surface area contributed by atoms with Crippen molar-refractivity contribution in [2.45, 2.75) is 6.61 Å². The zero-order valence-electron chi connectivity index (χ0n) is 17.5. The van der Waals surface area contributed by atoms with Gasteiger partial charge in [0.1, 0.15) is 18.1 Å². The highest BCUT2D eigenvalue weighted by atomic mass is 16.5. The Hall–Kier alpha value is -4.32. The van der Waals surface area contributed by atoms with Gasteiger partial charge in [-0.25, -0.2) is 0 Å². The fourth-order valence-corrected chi connectivity index (χ4v) is 3.43. The lowest BCUT2D eigenvalue weighted by atomic mass is 10.1. The SMILES string of the molecule is COc1ccc(C(=O)Nc2ccc(C(N)=O)cc2)cc1COc1cccc2ccccc12. The maximum absolute atomic E-state index is 12.7. The van der Waals surface area contributed by atoms with Crippen molar-refractivity contribution < 1.29 is 19.1 Å². The molecule has 0 radical (unpaired) electrons. The quantitative estimate of drug-likeness (QED) is 0.445. The Kier molecular flexibility index (Phi) is 6.03. The molecule has 0 bridgehead atoms. The summed E-state index contributed by atoms with van der Waals surface area (Å²) < 4.78 is 11.5. The predicted molar refractivity (Wildman–Crippen MR) is 124 cm³/mol. The minimum atomic E-state index is -0.520. The number of ether oxygens (including phenoxy) is 2. The first-order chi connectivity index (χ1) is 15.5. The van der Waals surface area contributed by atoms with Crippen LogP contribution in [0.2, 0.25) is 0 Å². The fourth-order valence-electron chi connectivity index (χ4n) is 3.43. The van der Waals surface area contributed by atoms with Crippen LogP contribution in [0.3, 0.4) is 0 Å². The van der Waals surface area contributed by atoms with Gasteiger partial charge in [-0.1, -0.05) is 36.4 Å². The van der Waals surface area contributed by atoms with Crippen molar-refractivity contribution in [3.8, 4) is 11.5 Å². The number of benzene rings is 4. The molecule has 0 fully saturated rings. The highest BCUT2D eigenvalue weighted by Gasteiger charge is 2.12. The summed E-state index contributed by atoms with van der Waals surface area (Å²) in [6.45, 7) is 0.242. The number of nitrogens with one attached hydrogen (secondary N) is 1. The summed E-state index contributed by atoms with van der Waals surface area (Å²) in [7, 11) is 1.58. The van der Waals surface area contributed by atoms with Crippen molar-refractivity contribution in [2.75, 3.05) is 12.4 Å². The van der Waals surface area contributed by atoms with E-state index in [1.54, 1.807) is 49.6 Å². The van der Waals surface area contributed by atoms with Crippen molar-refractivity contribution >= 4 is 28.3 Å². The Balaban J connectivity index is 1.53. The van der Waals surface area contributed by atoms with Crippen LogP contribution in [0.4, 0.5) is 5.69 Å². The molecule has 3 N–H and O–H groups in total. The van der Waals surface area contributed by atoms with E-state index in [2.05, 4.69) is 5.32 Å². The van der Waals surface area contributed by atoms with Crippen LogP contribution in [0.1, 0.15) is 26.3 Å². The number of rotatable bonds is 7. The van der Waals surface area contributed by atoms with Gasteiger partial charge in [-0.15, -0.1) is 0 Å². The number of methoxy groups -OCH3 is 1. The highest BCUT2D eigenvalue weighted by Crippen LogP contribution is 2.28. The summed E-state index contributed by atoms with van der Waals surface area (Å²) in [6.07, 6.45) is 0. The summed E-state index contributed by atoms with van der Waals surface area (Å²) in [5, 5.41) is 4.92. The molecule has 6 nitrogen and oxygen atoms in total. The van der Waals surface area contributed by atoms with Crippen LogP contribution in [0.15, 0.2) is 84.9 Å². The van der Waals surface area contributed by atoms with Gasteiger partial charge in [-0.3, -0.25) is 9.59 Å². The molecule has 0 aliphatic rings. The van der Waals surface area contributed by atoms with E-state index in [4.69, 9.17) is 15.2 Å². The number of carbonyl (C=O) groups is 2. The van der Waals surface area contributed by atoms with Crippen LogP contribution >= 0.6 is 0 Å². The molecule has 0 aliphatic carbocycles. The number of carbonyl (C=O) groups excluding carboxylic acids is 2. The summed E-state index contributed by atoms with van der Waals surface area (Å²) in [4.78, 5) is 24.0. The van der Waals surface area contributed by atoms with Crippen molar-refractivity contribution in [3.63, 3.8) is 0 Å². The zero-order valence-corrected chi connectivity index (χ0v) is 17.5. The van der Waals surface area contributed by atoms with Gasteiger partial charge in [-0.05, 0) is 53.9 Å². The second kappa shape index (κ2) is 9.22. The zero-order chi connectivity index (χ0) is 22.5. The standard InChI is InChI=1S/C26H22N2O4/c1-31-23-14-11-19(26(30)28-21-12-9-18(10-13-21)25(27)29)15-20(23)16-32-24-8-4-6-17-5-2-3-7-22(17)24/h2-15H,16H2,1H3,(H2,27,29)(H,28,30). The molecule has 4 aromatic rings. The Morgan fingerprint density at radius 3 is 2.31 bits per heavy atom. The average molecular weight is 426 g/mol. The number of hydrogen-bond acceptors (Lipinski definition) is 4. The first kappa shape index (κ1) is 20.9. The third kappa shape index (κ3) is 4.54. The maximum atomic E-state index is 12.7. The van der Waals surface area contributed by atoms with Crippen LogP contribution < -0.4 is 20.5 Å². The monoisotopic (exact) mass is 426 g/mol. The second-order valence-corrected chi connectivity index (χ2v) is 7.19. The Morgan fingerprint density at radius 1 is 0.844 bits per heavy atom. The molecule has 0 aliphatic heterocycles. The van der Waals surface area contributed by atoms with Gasteiger partial charge in [0.2, 0.25) is 5.91 Å². The topological polar surface area (TPSA) is 90.6 Å². The van der Waals surface area contributed by atoms with Gasteiger partial charge >= 0.3 is 0 Å². The van der Waals surface area contributed by atoms with Crippen LogP contribution in [0.25, 0.3) is 10.8 Å². The maximum Gasteiger partial charge on any atom is 0.255 e. The van der Waals surface area contributed by atoms with Gasteiger partial charge in [0.25, 0.3) is 5.91 Å². The lowest BCUT2D eigenvalue weighted by molar-refractivity contribution is 0.0998. The van der Waals surface area contributed by atoms with Crippen LogP contribution in [-0.4, -0.2) is 18.9 Å². The minimum absolute atomic E-state index is 0.242. The molecule has 4 rings (SSSR count). The molecule has 0 spiro atoms. The van der Waals surface area contributed by atoms with Gasteiger partial charge < -0.3 is 20.5 Å². The molecule has 0 heterocycles. The predicted octanol–water partition coefficient (Wildman–Crippen LogP) is 4.78. The Morgan fingerprint density at radius 2 is 1.56 bits per heavy atom. The summed E-state index contributed by atoms with van der Waals surface area (Å²) in [5.74, 6) is 0.585. The Labute approximate surface area is 185 Å². The molecule has 4 aromatic carbocycles. The van der Waals surface area contributed by atoms with Crippen LogP contribution in [0.5, 0.6) is 11.5 Å². The van der Waals surface area contributed by atoms with E-state index in [0.29, 0.717) is 22.6 Å². The number of primary amides is 1. The Bertz CT molecular complexity index is 1280. The van der Waals surface area contributed by atoms with Gasteiger partial charge in [0.15, 0.2) is 0 Å². The molecule has 0 saturated heterocycles. The normalized spacial score (nSPS) is 10.5. The van der Waals surface area contributed by atoms with Crippen molar-refractivity contribution in [1.29, 1.82) is 0 Å². The second-order valence-electron chi connectivity index (χ2n) is 7.19. The van der Waals surface area contributed by atoms with Gasteiger partial charge in [0.05, 0.1) is 7.11 Å². The molecular weight excluding hydrogens is 404 g/mol. The van der Waals surface area contributed by atoms with E-state index in [9.17, 15) is 9.59 Å². The molecule has 6 heteroatoms. The largest absolute Gasteiger partial charge is 0.496 e. The molecule has 32 heavy (non-hydrogen) atoms. The molecule has 160 valence electrons. The average Bonchev–Trinajstić information content (AvgIpc) is 2.82. The molecule has 0 atom stereocenters. The lowest BCUT2D eigenvalue weighted by Crippen LogP contribution is -2.14. The van der Waals surface area contributed by atoms with E-state index < -0.39 is 5.91 Å². The third-order valence-corrected chi connectivity index (χ3v) is 5.10. The first-order valence-corrected chi connectivity index (χ1v) is 10.0. The number of fused-ring (bicyclic) bond motifs is 1. The summed E-state index contributed by atoms with van der Waals surface area (Å²) in [6, 6.07) is 25.5. The first-order valence-electron chi connectivity index (χ1n) is 10.0. The van der Waals surface area contributed by atoms with Crippen molar-refractivity contribution in [1.82, 2.24) is 0 Å². The number of hydrogen-bond donors (Lipinski definition) is 2.